The molecule has 0 saturated carbocycles. The summed E-state index contributed by atoms with van der Waals surface area (Å²) in [5.41, 5.74) is 2.42. The number of amides is 2. The van der Waals surface area contributed by atoms with Crippen LogP contribution in [-0.2, 0) is 22.9 Å². The molecule has 1 aliphatic carbocycles. The van der Waals surface area contributed by atoms with E-state index >= 15 is 0 Å². The summed E-state index contributed by atoms with van der Waals surface area (Å²) in [4.78, 5) is 13.8. The Balaban J connectivity index is 1.68. The maximum atomic E-state index is 12.9. The van der Waals surface area contributed by atoms with Gasteiger partial charge in [0.05, 0.1) is 11.4 Å². The first-order valence-corrected chi connectivity index (χ1v) is 10.0. The Kier molecular flexibility index (Phi) is 5.30. The van der Waals surface area contributed by atoms with E-state index in [-0.39, 0.29) is 12.6 Å². The Morgan fingerprint density at radius 2 is 1.80 bits per heavy atom. The zero-order valence-corrected chi connectivity index (χ0v) is 15.0. The summed E-state index contributed by atoms with van der Waals surface area (Å²) in [6.45, 7) is 1.49. The molecule has 1 N–H and O–H groups in total. The molecule has 3 rings (SSSR count). The van der Waals surface area contributed by atoms with Crippen molar-refractivity contribution in [1.82, 2.24) is 14.5 Å². The lowest BCUT2D eigenvalue weighted by molar-refractivity contribution is 0.173. The Labute approximate surface area is 149 Å². The van der Waals surface area contributed by atoms with Gasteiger partial charge in [-0.15, -0.1) is 6.42 Å². The number of nitrogens with zero attached hydrogens (tertiary/aromatic N) is 2. The third-order valence-electron chi connectivity index (χ3n) is 4.83. The summed E-state index contributed by atoms with van der Waals surface area (Å²) in [5, 5.41) is 2.60. The van der Waals surface area contributed by atoms with Crippen LogP contribution < -0.4 is 5.32 Å². The summed E-state index contributed by atoms with van der Waals surface area (Å²) in [6, 6.07) is 5.25. The molecule has 2 aliphatic rings. The number of hydrogen-bond donors (Lipinski definition) is 1. The van der Waals surface area contributed by atoms with E-state index in [1.165, 1.54) is 16.3 Å². The number of fused-ring (bicyclic) bond motifs is 1. The van der Waals surface area contributed by atoms with Crippen molar-refractivity contribution in [2.75, 3.05) is 32.7 Å². The van der Waals surface area contributed by atoms with Crippen LogP contribution in [0.4, 0.5) is 4.79 Å². The monoisotopic (exact) mass is 361 g/mol. The first-order chi connectivity index (χ1) is 12.0. The first kappa shape index (κ1) is 17.8. The minimum atomic E-state index is -3.52. The lowest BCUT2D eigenvalue weighted by atomic mass is 9.92. The van der Waals surface area contributed by atoms with Crippen LogP contribution in [0.5, 0.6) is 0 Å². The summed E-state index contributed by atoms with van der Waals surface area (Å²) in [6.07, 6.45) is 9.39. The molecule has 7 heteroatoms. The van der Waals surface area contributed by atoms with Gasteiger partial charge in [-0.05, 0) is 48.9 Å². The Bertz CT molecular complexity index is 790. The second kappa shape index (κ2) is 7.46. The van der Waals surface area contributed by atoms with Crippen molar-refractivity contribution >= 4 is 16.1 Å². The molecule has 0 radical (unpaired) electrons. The SMILES string of the molecule is C#CCNC(=O)N1CCN(S(=O)(=O)c2ccc3c(c2)CCCC3)CC1. The molecule has 1 fully saturated rings. The highest BCUT2D eigenvalue weighted by atomic mass is 32.2. The molecule has 25 heavy (non-hydrogen) atoms. The van der Waals surface area contributed by atoms with Gasteiger partial charge in [-0.1, -0.05) is 12.0 Å². The average molecular weight is 361 g/mol. The van der Waals surface area contributed by atoms with Gasteiger partial charge in [-0.25, -0.2) is 13.2 Å². The van der Waals surface area contributed by atoms with Gasteiger partial charge in [-0.2, -0.15) is 4.31 Å². The summed E-state index contributed by atoms with van der Waals surface area (Å²) >= 11 is 0. The van der Waals surface area contributed by atoms with E-state index < -0.39 is 10.0 Å². The van der Waals surface area contributed by atoms with Crippen LogP contribution in [0, 0.1) is 12.3 Å². The second-order valence-corrected chi connectivity index (χ2v) is 8.33. The van der Waals surface area contributed by atoms with E-state index in [9.17, 15) is 13.2 Å². The van der Waals surface area contributed by atoms with Crippen LogP contribution in [0.25, 0.3) is 0 Å². The molecule has 1 aliphatic heterocycles. The molecular weight excluding hydrogens is 338 g/mol. The van der Waals surface area contributed by atoms with Gasteiger partial charge in [0, 0.05) is 26.2 Å². The number of carbonyl (C=O) groups excluding carboxylic acids is 1. The molecule has 0 bridgehead atoms. The van der Waals surface area contributed by atoms with Crippen LogP contribution in [0.1, 0.15) is 24.0 Å². The molecule has 134 valence electrons. The maximum Gasteiger partial charge on any atom is 0.318 e. The first-order valence-electron chi connectivity index (χ1n) is 8.60. The number of hydrogen-bond acceptors (Lipinski definition) is 3. The molecule has 1 saturated heterocycles. The normalized spacial score (nSPS) is 18.3. The largest absolute Gasteiger partial charge is 0.327 e. The topological polar surface area (TPSA) is 69.7 Å². The van der Waals surface area contributed by atoms with Crippen molar-refractivity contribution in [2.45, 2.75) is 30.6 Å². The molecule has 0 spiro atoms. The Morgan fingerprint density at radius 1 is 1.12 bits per heavy atom. The Morgan fingerprint density at radius 3 is 2.48 bits per heavy atom. The van der Waals surface area contributed by atoms with E-state index in [0.29, 0.717) is 31.1 Å². The number of sulfonamides is 1. The lowest BCUT2D eigenvalue weighted by Crippen LogP contribution is -2.53. The van der Waals surface area contributed by atoms with E-state index in [0.717, 1.165) is 24.8 Å². The molecule has 0 aromatic heterocycles. The van der Waals surface area contributed by atoms with E-state index in [2.05, 4.69) is 11.2 Å². The fourth-order valence-corrected chi connectivity index (χ4v) is 4.86. The molecule has 1 aromatic rings. The number of terminal acetylenes is 1. The van der Waals surface area contributed by atoms with Crippen LogP contribution in [0.3, 0.4) is 0 Å². The third kappa shape index (κ3) is 3.80. The lowest BCUT2D eigenvalue weighted by Gasteiger charge is -2.34. The van der Waals surface area contributed by atoms with Crippen molar-refractivity contribution in [3.8, 4) is 12.3 Å². The van der Waals surface area contributed by atoms with Gasteiger partial charge in [0.25, 0.3) is 0 Å². The molecule has 6 nitrogen and oxygen atoms in total. The van der Waals surface area contributed by atoms with E-state index in [4.69, 9.17) is 6.42 Å². The van der Waals surface area contributed by atoms with Crippen molar-refractivity contribution in [3.05, 3.63) is 29.3 Å². The molecule has 1 heterocycles. The number of urea groups is 1. The highest BCUT2D eigenvalue weighted by molar-refractivity contribution is 7.89. The summed E-state index contributed by atoms with van der Waals surface area (Å²) in [5.74, 6) is 2.35. The van der Waals surface area contributed by atoms with Crippen LogP contribution in [0.15, 0.2) is 23.1 Å². The standard InChI is InChI=1S/C18H23N3O3S/c1-2-9-19-18(22)20-10-12-21(13-11-20)25(23,24)17-8-7-15-5-3-4-6-16(15)14-17/h1,7-8,14H,3-6,9-13H2,(H,19,22). The molecule has 2 amide bonds. The van der Waals surface area contributed by atoms with Gasteiger partial charge < -0.3 is 10.2 Å². The van der Waals surface area contributed by atoms with E-state index in [1.54, 1.807) is 11.0 Å². The summed E-state index contributed by atoms with van der Waals surface area (Å²) < 4.78 is 27.3. The highest BCUT2D eigenvalue weighted by Gasteiger charge is 2.30. The Hall–Kier alpha value is -2.04. The second-order valence-electron chi connectivity index (χ2n) is 6.39. The molecule has 0 atom stereocenters. The highest BCUT2D eigenvalue weighted by Crippen LogP contribution is 2.26. The zero-order chi connectivity index (χ0) is 17.9. The molecule has 0 unspecified atom stereocenters. The number of benzene rings is 1. The van der Waals surface area contributed by atoms with E-state index in [1.807, 2.05) is 12.1 Å². The van der Waals surface area contributed by atoms with Crippen LogP contribution in [0.2, 0.25) is 0 Å². The maximum absolute atomic E-state index is 12.9. The van der Waals surface area contributed by atoms with Gasteiger partial charge in [0.2, 0.25) is 10.0 Å². The predicted octanol–water partition coefficient (Wildman–Crippen LogP) is 1.21. The number of aryl methyl sites for hydroxylation is 2. The molecule has 1 aromatic carbocycles. The van der Waals surface area contributed by atoms with Gasteiger partial charge in [0.15, 0.2) is 0 Å². The minimum Gasteiger partial charge on any atom is -0.327 e. The van der Waals surface area contributed by atoms with Crippen molar-refractivity contribution in [1.29, 1.82) is 0 Å². The number of rotatable bonds is 3. The van der Waals surface area contributed by atoms with Crippen molar-refractivity contribution < 1.29 is 13.2 Å². The van der Waals surface area contributed by atoms with Gasteiger partial charge >= 0.3 is 6.03 Å². The minimum absolute atomic E-state index is 0.173. The fourth-order valence-electron chi connectivity index (χ4n) is 3.39. The van der Waals surface area contributed by atoms with Gasteiger partial charge in [-0.3, -0.25) is 0 Å². The third-order valence-corrected chi connectivity index (χ3v) is 6.72. The average Bonchev–Trinajstić information content (AvgIpc) is 2.65. The van der Waals surface area contributed by atoms with Crippen molar-refractivity contribution in [3.63, 3.8) is 0 Å². The fraction of sp³-hybridized carbons (Fsp3) is 0.500. The number of nitrogens with one attached hydrogen (secondary N) is 1. The molecular formula is C18H23N3O3S. The number of carbonyl (C=O) groups is 1. The quantitative estimate of drug-likeness (QED) is 0.823. The van der Waals surface area contributed by atoms with Gasteiger partial charge in [0.1, 0.15) is 0 Å². The summed E-state index contributed by atoms with van der Waals surface area (Å²) in [7, 11) is -3.52. The van der Waals surface area contributed by atoms with Crippen LogP contribution >= 0.6 is 0 Å². The smallest absolute Gasteiger partial charge is 0.318 e. The predicted molar refractivity (Wildman–Crippen MR) is 95.6 cm³/mol. The van der Waals surface area contributed by atoms with Crippen LogP contribution in [-0.4, -0.2) is 56.4 Å². The van der Waals surface area contributed by atoms with Crippen molar-refractivity contribution in [2.24, 2.45) is 0 Å². The zero-order valence-electron chi connectivity index (χ0n) is 14.2. The number of piperazine rings is 1.